The minimum atomic E-state index is -3.55. The molecule has 120 valence electrons. The summed E-state index contributed by atoms with van der Waals surface area (Å²) in [6.45, 7) is 11.7. The number of hydrogen-bond donors (Lipinski definition) is 1. The molecule has 3 nitrogen and oxygen atoms in total. The monoisotopic (exact) mass is 337 g/mol. The maximum atomic E-state index is 12.9. The molecule has 2 rings (SSSR count). The van der Waals surface area contributed by atoms with Gasteiger partial charge in [-0.3, -0.25) is 0 Å². The molecule has 0 saturated heterocycles. The highest BCUT2D eigenvalue weighted by Crippen LogP contribution is 2.30. The zero-order valence-electron chi connectivity index (χ0n) is 13.9. The lowest BCUT2D eigenvalue weighted by Crippen LogP contribution is -2.28. The van der Waals surface area contributed by atoms with Crippen molar-refractivity contribution in [1.29, 1.82) is 0 Å². The van der Waals surface area contributed by atoms with Crippen LogP contribution in [0.4, 0.5) is 0 Å². The van der Waals surface area contributed by atoms with Crippen molar-refractivity contribution < 1.29 is 8.42 Å². The van der Waals surface area contributed by atoms with Crippen LogP contribution in [0, 0.1) is 34.6 Å². The van der Waals surface area contributed by atoms with Crippen LogP contribution in [0.5, 0.6) is 0 Å². The topological polar surface area (TPSA) is 46.2 Å². The molecule has 0 amide bonds. The molecular weight excluding hydrogens is 314 g/mol. The molecule has 0 saturated carbocycles. The van der Waals surface area contributed by atoms with Gasteiger partial charge in [-0.2, -0.15) is 0 Å². The van der Waals surface area contributed by atoms with E-state index in [1.165, 1.54) is 5.56 Å². The summed E-state index contributed by atoms with van der Waals surface area (Å²) in [5, 5.41) is 1.96. The maximum absolute atomic E-state index is 12.9. The van der Waals surface area contributed by atoms with E-state index >= 15 is 0 Å². The molecule has 1 atom stereocenters. The predicted octanol–water partition coefficient (Wildman–Crippen LogP) is 4.33. The van der Waals surface area contributed by atoms with Gasteiger partial charge >= 0.3 is 0 Å². The van der Waals surface area contributed by atoms with Crippen LogP contribution in [0.3, 0.4) is 0 Å². The minimum Gasteiger partial charge on any atom is -0.207 e. The second-order valence-electron chi connectivity index (χ2n) is 5.81. The van der Waals surface area contributed by atoms with Gasteiger partial charge < -0.3 is 0 Å². The summed E-state index contributed by atoms with van der Waals surface area (Å²) in [6, 6.07) is 3.65. The molecule has 0 fully saturated rings. The highest BCUT2D eigenvalue weighted by atomic mass is 32.2. The van der Waals surface area contributed by atoms with E-state index in [-0.39, 0.29) is 6.04 Å². The molecule has 22 heavy (non-hydrogen) atoms. The molecule has 0 bridgehead atoms. The van der Waals surface area contributed by atoms with Crippen LogP contribution in [-0.4, -0.2) is 8.42 Å². The molecule has 0 radical (unpaired) electrons. The summed E-state index contributed by atoms with van der Waals surface area (Å²) in [7, 11) is -3.55. The molecule has 0 spiro atoms. The van der Waals surface area contributed by atoms with Crippen molar-refractivity contribution in [2.75, 3.05) is 0 Å². The average Bonchev–Trinajstić information content (AvgIpc) is 2.96. The summed E-state index contributed by atoms with van der Waals surface area (Å²) >= 11 is 1.56. The van der Waals surface area contributed by atoms with Crippen LogP contribution >= 0.6 is 11.3 Å². The summed E-state index contributed by atoms with van der Waals surface area (Å²) in [4.78, 5) is 1.44. The van der Waals surface area contributed by atoms with E-state index in [0.717, 1.165) is 27.1 Å². The molecule has 1 aromatic carbocycles. The number of nitrogens with one attached hydrogen (secondary N) is 1. The Bertz CT molecular complexity index is 762. The number of thiophene rings is 1. The number of hydrogen-bond acceptors (Lipinski definition) is 3. The summed E-state index contributed by atoms with van der Waals surface area (Å²) in [5.74, 6) is 0. The minimum absolute atomic E-state index is 0.231. The molecule has 2 aromatic rings. The quantitative estimate of drug-likeness (QED) is 0.902. The summed E-state index contributed by atoms with van der Waals surface area (Å²) in [6.07, 6.45) is 0. The molecule has 1 N–H and O–H groups in total. The van der Waals surface area contributed by atoms with Gasteiger partial charge in [-0.05, 0) is 80.8 Å². The van der Waals surface area contributed by atoms with Gasteiger partial charge in [0.1, 0.15) is 0 Å². The highest BCUT2D eigenvalue weighted by Gasteiger charge is 2.25. The lowest BCUT2D eigenvalue weighted by Gasteiger charge is -2.20. The lowest BCUT2D eigenvalue weighted by molar-refractivity contribution is 0.567. The van der Waals surface area contributed by atoms with Gasteiger partial charge in [-0.25, -0.2) is 13.1 Å². The molecule has 0 aliphatic heterocycles. The van der Waals surface area contributed by atoms with Gasteiger partial charge in [0.2, 0.25) is 10.0 Å². The Hall–Kier alpha value is -1.17. The zero-order valence-corrected chi connectivity index (χ0v) is 15.6. The van der Waals surface area contributed by atoms with Gasteiger partial charge in [0.05, 0.1) is 10.9 Å². The Balaban J connectivity index is 2.51. The van der Waals surface area contributed by atoms with Gasteiger partial charge in [0.15, 0.2) is 0 Å². The van der Waals surface area contributed by atoms with Crippen LogP contribution in [-0.2, 0) is 10.0 Å². The van der Waals surface area contributed by atoms with Gasteiger partial charge in [0, 0.05) is 4.88 Å². The average molecular weight is 338 g/mol. The van der Waals surface area contributed by atoms with E-state index in [4.69, 9.17) is 0 Å². The van der Waals surface area contributed by atoms with E-state index in [9.17, 15) is 8.42 Å². The third kappa shape index (κ3) is 2.98. The first kappa shape index (κ1) is 17.2. The Morgan fingerprint density at radius 3 is 1.91 bits per heavy atom. The summed E-state index contributed by atoms with van der Waals surface area (Å²) < 4.78 is 28.6. The number of benzene rings is 1. The fraction of sp³-hybridized carbons (Fsp3) is 0.412. The van der Waals surface area contributed by atoms with Crippen molar-refractivity contribution in [1.82, 2.24) is 4.72 Å². The first-order chi connectivity index (χ1) is 10.2. The fourth-order valence-electron chi connectivity index (χ4n) is 2.76. The molecular formula is C17H23NO2S2. The van der Waals surface area contributed by atoms with Gasteiger partial charge in [0.25, 0.3) is 0 Å². The van der Waals surface area contributed by atoms with Gasteiger partial charge in [-0.15, -0.1) is 11.3 Å². The van der Waals surface area contributed by atoms with Crippen molar-refractivity contribution >= 4 is 21.4 Å². The van der Waals surface area contributed by atoms with Crippen LogP contribution in [0.1, 0.15) is 45.7 Å². The molecule has 0 unspecified atom stereocenters. The molecule has 1 aromatic heterocycles. The van der Waals surface area contributed by atoms with Crippen molar-refractivity contribution in [2.24, 2.45) is 0 Å². The SMILES string of the molecule is Cc1c(C)c(C)c(S(=O)(=O)N[C@@H](C)c2cccs2)c(C)c1C. The molecule has 1 heterocycles. The fourth-order valence-corrected chi connectivity index (χ4v) is 5.39. The Morgan fingerprint density at radius 2 is 1.45 bits per heavy atom. The third-order valence-electron chi connectivity index (χ3n) is 4.50. The zero-order chi connectivity index (χ0) is 16.7. The van der Waals surface area contributed by atoms with E-state index < -0.39 is 10.0 Å². The van der Waals surface area contributed by atoms with Crippen LogP contribution in [0.2, 0.25) is 0 Å². The van der Waals surface area contributed by atoms with E-state index in [1.807, 2.05) is 59.1 Å². The lowest BCUT2D eigenvalue weighted by atomic mass is 9.95. The largest absolute Gasteiger partial charge is 0.241 e. The number of sulfonamides is 1. The second-order valence-corrected chi connectivity index (χ2v) is 8.44. The van der Waals surface area contributed by atoms with Crippen molar-refractivity contribution in [3.8, 4) is 0 Å². The first-order valence-corrected chi connectivity index (χ1v) is 9.65. The Kier molecular flexibility index (Phi) is 4.80. The van der Waals surface area contributed by atoms with Crippen LogP contribution in [0.15, 0.2) is 22.4 Å². The Morgan fingerprint density at radius 1 is 0.955 bits per heavy atom. The van der Waals surface area contributed by atoms with Crippen LogP contribution in [0.25, 0.3) is 0 Å². The third-order valence-corrected chi connectivity index (χ3v) is 7.37. The van der Waals surface area contributed by atoms with Crippen molar-refractivity contribution in [3.05, 3.63) is 50.2 Å². The van der Waals surface area contributed by atoms with Crippen LogP contribution < -0.4 is 4.72 Å². The Labute approximate surface area is 137 Å². The van der Waals surface area contributed by atoms with Gasteiger partial charge in [-0.1, -0.05) is 6.07 Å². The first-order valence-electron chi connectivity index (χ1n) is 7.29. The smallest absolute Gasteiger partial charge is 0.207 e. The van der Waals surface area contributed by atoms with E-state index in [2.05, 4.69) is 4.72 Å². The molecule has 0 aliphatic rings. The normalized spacial score (nSPS) is 13.4. The maximum Gasteiger partial charge on any atom is 0.241 e. The standard InChI is InChI=1S/C17H23NO2S2/c1-10-11(2)13(4)17(14(5)12(10)3)22(19,20)18-15(6)16-8-7-9-21-16/h7-9,15,18H,1-6H3/t15-/m0/s1. The predicted molar refractivity (Wildman–Crippen MR) is 93.2 cm³/mol. The number of rotatable bonds is 4. The van der Waals surface area contributed by atoms with Crippen molar-refractivity contribution in [2.45, 2.75) is 52.5 Å². The highest BCUT2D eigenvalue weighted by molar-refractivity contribution is 7.89. The summed E-state index contributed by atoms with van der Waals surface area (Å²) in [5.41, 5.74) is 4.94. The van der Waals surface area contributed by atoms with Crippen molar-refractivity contribution in [3.63, 3.8) is 0 Å². The van der Waals surface area contributed by atoms with E-state index in [1.54, 1.807) is 11.3 Å². The molecule has 5 heteroatoms. The molecule has 0 aliphatic carbocycles. The van der Waals surface area contributed by atoms with E-state index in [0.29, 0.717) is 4.90 Å². The second kappa shape index (κ2) is 6.14.